The molecule has 1 amide bonds. The van der Waals surface area contributed by atoms with Crippen molar-refractivity contribution in [3.8, 4) is 0 Å². The van der Waals surface area contributed by atoms with Crippen LogP contribution in [0, 0.1) is 12.8 Å². The van der Waals surface area contributed by atoms with Crippen molar-refractivity contribution >= 4 is 11.6 Å². The molecule has 3 nitrogen and oxygen atoms in total. The highest BCUT2D eigenvalue weighted by Crippen LogP contribution is 2.36. The van der Waals surface area contributed by atoms with E-state index in [4.69, 9.17) is 5.73 Å². The third kappa shape index (κ3) is 3.07. The van der Waals surface area contributed by atoms with Gasteiger partial charge in [0.2, 0.25) is 0 Å². The van der Waals surface area contributed by atoms with Crippen LogP contribution in [0.1, 0.15) is 61.4 Å². The first-order valence-electron chi connectivity index (χ1n) is 8.25. The first kappa shape index (κ1) is 14.4. The molecule has 0 bridgehead atoms. The summed E-state index contributed by atoms with van der Waals surface area (Å²) in [5, 5.41) is 0. The van der Waals surface area contributed by atoms with Crippen molar-refractivity contribution in [1.82, 2.24) is 4.90 Å². The molecule has 2 aliphatic rings. The number of nitrogen functional groups attached to an aromatic ring is 1. The monoisotopic (exact) mass is 286 g/mol. The number of carbonyl (C=O) groups is 1. The van der Waals surface area contributed by atoms with Gasteiger partial charge in [0, 0.05) is 23.3 Å². The zero-order valence-corrected chi connectivity index (χ0v) is 13.1. The van der Waals surface area contributed by atoms with Crippen LogP contribution in [0.4, 0.5) is 5.69 Å². The predicted octanol–water partition coefficient (Wildman–Crippen LogP) is 3.76. The van der Waals surface area contributed by atoms with E-state index in [-0.39, 0.29) is 5.91 Å². The van der Waals surface area contributed by atoms with Gasteiger partial charge in [-0.25, -0.2) is 0 Å². The van der Waals surface area contributed by atoms with Crippen LogP contribution in [0.15, 0.2) is 18.2 Å². The Balaban J connectivity index is 1.83. The third-order valence-corrected chi connectivity index (χ3v) is 5.05. The van der Waals surface area contributed by atoms with Crippen molar-refractivity contribution in [2.45, 2.75) is 64.5 Å². The molecule has 0 spiro atoms. The van der Waals surface area contributed by atoms with Gasteiger partial charge >= 0.3 is 0 Å². The summed E-state index contributed by atoms with van der Waals surface area (Å²) in [7, 11) is 0. The molecule has 0 heterocycles. The fourth-order valence-electron chi connectivity index (χ4n) is 3.51. The Labute approximate surface area is 127 Å². The van der Waals surface area contributed by atoms with Crippen molar-refractivity contribution < 1.29 is 4.79 Å². The minimum atomic E-state index is 0.196. The molecule has 0 aromatic heterocycles. The lowest BCUT2D eigenvalue weighted by Gasteiger charge is -2.36. The second-order valence-electron chi connectivity index (χ2n) is 6.93. The normalized spacial score (nSPS) is 25.6. The predicted molar refractivity (Wildman–Crippen MR) is 86.2 cm³/mol. The molecule has 3 heteroatoms. The van der Waals surface area contributed by atoms with Gasteiger partial charge in [-0.2, -0.15) is 0 Å². The van der Waals surface area contributed by atoms with E-state index in [0.717, 1.165) is 29.9 Å². The average molecular weight is 286 g/mol. The number of benzene rings is 1. The smallest absolute Gasteiger partial charge is 0.254 e. The molecule has 0 aliphatic heterocycles. The standard InChI is InChI=1S/C18H26N2O/c1-12-3-7-15(8-4-12)20(16-9-10-16)18(21)17-11-14(19)6-5-13(17)2/h5-6,11-12,15-16H,3-4,7-10,19H2,1-2H3. The van der Waals surface area contributed by atoms with Crippen LogP contribution in [0.2, 0.25) is 0 Å². The topological polar surface area (TPSA) is 46.3 Å². The Morgan fingerprint density at radius 1 is 1.10 bits per heavy atom. The van der Waals surface area contributed by atoms with Gasteiger partial charge < -0.3 is 10.6 Å². The zero-order chi connectivity index (χ0) is 15.0. The van der Waals surface area contributed by atoms with E-state index in [1.54, 1.807) is 0 Å². The number of amides is 1. The summed E-state index contributed by atoms with van der Waals surface area (Å²) >= 11 is 0. The number of anilines is 1. The lowest BCUT2D eigenvalue weighted by molar-refractivity contribution is 0.0592. The van der Waals surface area contributed by atoms with Crippen LogP contribution in [0.25, 0.3) is 0 Å². The summed E-state index contributed by atoms with van der Waals surface area (Å²) in [6.45, 7) is 4.32. The fraction of sp³-hybridized carbons (Fsp3) is 0.611. The van der Waals surface area contributed by atoms with Gasteiger partial charge in [0.25, 0.3) is 5.91 Å². The average Bonchev–Trinajstić information content (AvgIpc) is 3.28. The second-order valence-corrected chi connectivity index (χ2v) is 6.93. The molecule has 0 atom stereocenters. The molecule has 2 fully saturated rings. The highest BCUT2D eigenvalue weighted by molar-refractivity contribution is 5.97. The maximum absolute atomic E-state index is 13.1. The van der Waals surface area contributed by atoms with E-state index in [0.29, 0.717) is 17.8 Å². The largest absolute Gasteiger partial charge is 0.399 e. The maximum atomic E-state index is 13.1. The number of hydrogen-bond donors (Lipinski definition) is 1. The van der Waals surface area contributed by atoms with E-state index >= 15 is 0 Å². The molecule has 3 rings (SSSR count). The molecule has 2 saturated carbocycles. The summed E-state index contributed by atoms with van der Waals surface area (Å²) < 4.78 is 0. The highest BCUT2D eigenvalue weighted by atomic mass is 16.2. The van der Waals surface area contributed by atoms with Gasteiger partial charge in [-0.1, -0.05) is 13.0 Å². The van der Waals surface area contributed by atoms with Crippen LogP contribution in [0.3, 0.4) is 0 Å². The molecule has 0 saturated heterocycles. The van der Waals surface area contributed by atoms with Gasteiger partial charge in [0.05, 0.1) is 0 Å². The Morgan fingerprint density at radius 3 is 2.24 bits per heavy atom. The summed E-state index contributed by atoms with van der Waals surface area (Å²) in [5.74, 6) is 1.01. The number of nitrogens with two attached hydrogens (primary N) is 1. The zero-order valence-electron chi connectivity index (χ0n) is 13.1. The summed E-state index contributed by atoms with van der Waals surface area (Å²) in [6, 6.07) is 6.57. The SMILES string of the molecule is Cc1ccc(N)cc1C(=O)N(C1CCC(C)CC1)C1CC1. The van der Waals surface area contributed by atoms with E-state index in [1.807, 2.05) is 25.1 Å². The van der Waals surface area contributed by atoms with Crippen LogP contribution in [-0.4, -0.2) is 22.9 Å². The molecule has 1 aromatic carbocycles. The Hall–Kier alpha value is -1.51. The molecular formula is C18H26N2O. The Bertz CT molecular complexity index is 528. The van der Waals surface area contributed by atoms with Gasteiger partial charge in [-0.05, 0) is 69.1 Å². The molecule has 2 aliphatic carbocycles. The van der Waals surface area contributed by atoms with Crippen molar-refractivity contribution in [2.24, 2.45) is 5.92 Å². The van der Waals surface area contributed by atoms with Gasteiger partial charge in [0.1, 0.15) is 0 Å². The lowest BCUT2D eigenvalue weighted by Crippen LogP contribution is -2.44. The summed E-state index contributed by atoms with van der Waals surface area (Å²) in [4.78, 5) is 15.2. The number of nitrogens with zero attached hydrogens (tertiary/aromatic N) is 1. The Kier molecular flexibility index (Phi) is 3.92. The van der Waals surface area contributed by atoms with Gasteiger partial charge in [-0.15, -0.1) is 0 Å². The van der Waals surface area contributed by atoms with Crippen molar-refractivity contribution in [3.05, 3.63) is 29.3 Å². The molecule has 114 valence electrons. The van der Waals surface area contributed by atoms with Crippen LogP contribution >= 0.6 is 0 Å². The first-order chi connectivity index (χ1) is 10.1. The number of aryl methyl sites for hydroxylation is 1. The van der Waals surface area contributed by atoms with Gasteiger partial charge in [-0.3, -0.25) is 4.79 Å². The number of carbonyl (C=O) groups excluding carboxylic acids is 1. The number of hydrogen-bond acceptors (Lipinski definition) is 2. The highest BCUT2D eigenvalue weighted by Gasteiger charge is 2.39. The minimum absolute atomic E-state index is 0.196. The molecular weight excluding hydrogens is 260 g/mol. The molecule has 1 aromatic rings. The van der Waals surface area contributed by atoms with Crippen molar-refractivity contribution in [2.75, 3.05) is 5.73 Å². The summed E-state index contributed by atoms with van der Waals surface area (Å²) in [5.41, 5.74) is 8.38. The van der Waals surface area contributed by atoms with Crippen molar-refractivity contribution in [3.63, 3.8) is 0 Å². The molecule has 2 N–H and O–H groups in total. The first-order valence-corrected chi connectivity index (χ1v) is 8.25. The summed E-state index contributed by atoms with van der Waals surface area (Å²) in [6.07, 6.45) is 7.14. The molecule has 0 unspecified atom stereocenters. The second kappa shape index (κ2) is 5.70. The third-order valence-electron chi connectivity index (χ3n) is 5.05. The van der Waals surface area contributed by atoms with Crippen LogP contribution in [0.5, 0.6) is 0 Å². The maximum Gasteiger partial charge on any atom is 0.254 e. The minimum Gasteiger partial charge on any atom is -0.399 e. The molecule has 0 radical (unpaired) electrons. The van der Waals surface area contributed by atoms with Crippen molar-refractivity contribution in [1.29, 1.82) is 0 Å². The number of rotatable bonds is 3. The van der Waals surface area contributed by atoms with Crippen LogP contribution in [-0.2, 0) is 0 Å². The quantitative estimate of drug-likeness (QED) is 0.860. The van der Waals surface area contributed by atoms with E-state index in [2.05, 4.69) is 11.8 Å². The van der Waals surface area contributed by atoms with Gasteiger partial charge in [0.15, 0.2) is 0 Å². The van der Waals surface area contributed by atoms with Crippen LogP contribution < -0.4 is 5.73 Å². The Morgan fingerprint density at radius 2 is 1.67 bits per heavy atom. The van der Waals surface area contributed by atoms with E-state index < -0.39 is 0 Å². The fourth-order valence-corrected chi connectivity index (χ4v) is 3.51. The lowest BCUT2D eigenvalue weighted by atomic mass is 9.86. The molecule has 21 heavy (non-hydrogen) atoms. The van der Waals surface area contributed by atoms with E-state index in [1.165, 1.54) is 25.7 Å². The van der Waals surface area contributed by atoms with E-state index in [9.17, 15) is 4.79 Å².